The standard InChI is InChI=1S/C20H23NO2/c1-3-15-8-11-17(12-9-15)23-14-20(22)21(2)19-13-10-16-6-4-5-7-18(16)19/h4-9,11-12,19H,3,10,13-14H2,1-2H3. The van der Waals surface area contributed by atoms with Crippen LogP contribution in [-0.4, -0.2) is 24.5 Å². The molecule has 1 amide bonds. The van der Waals surface area contributed by atoms with Crippen molar-refractivity contribution in [1.82, 2.24) is 4.90 Å². The van der Waals surface area contributed by atoms with Gasteiger partial charge >= 0.3 is 0 Å². The Labute approximate surface area is 137 Å². The summed E-state index contributed by atoms with van der Waals surface area (Å²) in [5.74, 6) is 0.766. The van der Waals surface area contributed by atoms with Crippen LogP contribution in [0.1, 0.15) is 36.1 Å². The summed E-state index contributed by atoms with van der Waals surface area (Å²) in [6, 6.07) is 16.5. The third-order valence-corrected chi connectivity index (χ3v) is 4.66. The van der Waals surface area contributed by atoms with Crippen LogP contribution >= 0.6 is 0 Å². The molecular formula is C20H23NO2. The number of carbonyl (C=O) groups excluding carboxylic acids is 1. The summed E-state index contributed by atoms with van der Waals surface area (Å²) < 4.78 is 5.64. The van der Waals surface area contributed by atoms with E-state index < -0.39 is 0 Å². The van der Waals surface area contributed by atoms with Crippen LogP contribution in [0.25, 0.3) is 0 Å². The highest BCUT2D eigenvalue weighted by Gasteiger charge is 2.28. The topological polar surface area (TPSA) is 29.5 Å². The number of carbonyl (C=O) groups is 1. The minimum atomic E-state index is 0.0197. The lowest BCUT2D eigenvalue weighted by Gasteiger charge is -2.25. The van der Waals surface area contributed by atoms with E-state index in [2.05, 4.69) is 25.1 Å². The highest BCUT2D eigenvalue weighted by Crippen LogP contribution is 2.34. The van der Waals surface area contributed by atoms with Gasteiger partial charge in [0.05, 0.1) is 6.04 Å². The van der Waals surface area contributed by atoms with Gasteiger partial charge in [0.15, 0.2) is 6.61 Å². The SMILES string of the molecule is CCc1ccc(OCC(=O)N(C)C2CCc3ccccc32)cc1. The molecule has 3 rings (SSSR count). The zero-order chi connectivity index (χ0) is 16.2. The van der Waals surface area contributed by atoms with Crippen LogP contribution in [0.4, 0.5) is 0 Å². The van der Waals surface area contributed by atoms with Crippen LogP contribution in [0.5, 0.6) is 5.75 Å². The molecule has 0 radical (unpaired) electrons. The Morgan fingerprint density at radius 3 is 2.65 bits per heavy atom. The van der Waals surface area contributed by atoms with E-state index in [1.165, 1.54) is 16.7 Å². The molecule has 0 saturated carbocycles. The highest BCUT2D eigenvalue weighted by molar-refractivity contribution is 5.78. The van der Waals surface area contributed by atoms with Gasteiger partial charge in [0, 0.05) is 7.05 Å². The Bertz CT molecular complexity index is 678. The maximum absolute atomic E-state index is 12.4. The van der Waals surface area contributed by atoms with Crippen molar-refractivity contribution in [2.45, 2.75) is 32.2 Å². The molecule has 3 heteroatoms. The van der Waals surface area contributed by atoms with Crippen LogP contribution in [0, 0.1) is 0 Å². The van der Waals surface area contributed by atoms with E-state index in [9.17, 15) is 4.79 Å². The van der Waals surface area contributed by atoms with E-state index in [4.69, 9.17) is 4.74 Å². The van der Waals surface area contributed by atoms with E-state index in [1.807, 2.05) is 42.3 Å². The van der Waals surface area contributed by atoms with Gasteiger partial charge in [-0.05, 0) is 48.1 Å². The minimum absolute atomic E-state index is 0.0197. The Balaban J connectivity index is 1.60. The molecule has 0 bridgehead atoms. The van der Waals surface area contributed by atoms with E-state index in [-0.39, 0.29) is 18.6 Å². The number of ether oxygens (including phenoxy) is 1. The Morgan fingerprint density at radius 2 is 1.91 bits per heavy atom. The number of nitrogens with zero attached hydrogens (tertiary/aromatic N) is 1. The second-order valence-corrected chi connectivity index (χ2v) is 6.04. The zero-order valence-electron chi connectivity index (χ0n) is 13.8. The third-order valence-electron chi connectivity index (χ3n) is 4.66. The summed E-state index contributed by atoms with van der Waals surface area (Å²) >= 11 is 0. The van der Waals surface area contributed by atoms with Crippen LogP contribution < -0.4 is 4.74 Å². The zero-order valence-corrected chi connectivity index (χ0v) is 13.8. The molecule has 0 spiro atoms. The first kappa shape index (κ1) is 15.6. The summed E-state index contributed by atoms with van der Waals surface area (Å²) in [6.45, 7) is 2.20. The predicted octanol–water partition coefficient (Wildman–Crippen LogP) is 3.77. The number of hydrogen-bond acceptors (Lipinski definition) is 2. The van der Waals surface area contributed by atoms with Crippen molar-refractivity contribution < 1.29 is 9.53 Å². The highest BCUT2D eigenvalue weighted by atomic mass is 16.5. The lowest BCUT2D eigenvalue weighted by Crippen LogP contribution is -2.34. The van der Waals surface area contributed by atoms with Crippen molar-refractivity contribution in [1.29, 1.82) is 0 Å². The van der Waals surface area contributed by atoms with Gasteiger partial charge in [-0.15, -0.1) is 0 Å². The van der Waals surface area contributed by atoms with E-state index in [0.29, 0.717) is 0 Å². The lowest BCUT2D eigenvalue weighted by atomic mass is 10.1. The molecule has 0 fully saturated rings. The van der Waals surface area contributed by atoms with E-state index in [0.717, 1.165) is 25.0 Å². The number of benzene rings is 2. The van der Waals surface area contributed by atoms with Gasteiger partial charge in [0.1, 0.15) is 5.75 Å². The van der Waals surface area contributed by atoms with Gasteiger partial charge in [-0.1, -0.05) is 43.3 Å². The average molecular weight is 309 g/mol. The van der Waals surface area contributed by atoms with Crippen molar-refractivity contribution in [2.75, 3.05) is 13.7 Å². The minimum Gasteiger partial charge on any atom is -0.484 e. The molecule has 0 N–H and O–H groups in total. The van der Waals surface area contributed by atoms with Crippen molar-refractivity contribution in [3.05, 3.63) is 65.2 Å². The molecule has 2 aromatic carbocycles. The molecule has 0 aliphatic heterocycles. The van der Waals surface area contributed by atoms with E-state index in [1.54, 1.807) is 0 Å². The first-order valence-electron chi connectivity index (χ1n) is 8.24. The monoisotopic (exact) mass is 309 g/mol. The van der Waals surface area contributed by atoms with Crippen molar-refractivity contribution in [3.8, 4) is 5.75 Å². The normalized spacial score (nSPS) is 16.0. The number of likely N-dealkylation sites (N-methyl/N-ethyl adjacent to an activating group) is 1. The average Bonchev–Trinajstić information content (AvgIpc) is 3.03. The number of aryl methyl sites for hydroxylation is 2. The van der Waals surface area contributed by atoms with Crippen molar-refractivity contribution >= 4 is 5.91 Å². The molecule has 0 saturated heterocycles. The van der Waals surface area contributed by atoms with Crippen LogP contribution in [-0.2, 0) is 17.6 Å². The van der Waals surface area contributed by atoms with E-state index >= 15 is 0 Å². The van der Waals surface area contributed by atoms with Gasteiger partial charge in [0.25, 0.3) is 5.91 Å². The summed E-state index contributed by atoms with van der Waals surface area (Å²) in [5.41, 5.74) is 3.90. The number of fused-ring (bicyclic) bond motifs is 1. The van der Waals surface area contributed by atoms with Crippen LogP contribution in [0.2, 0.25) is 0 Å². The maximum Gasteiger partial charge on any atom is 0.260 e. The quantitative estimate of drug-likeness (QED) is 0.841. The molecular weight excluding hydrogens is 286 g/mol. The third kappa shape index (κ3) is 3.39. The second kappa shape index (κ2) is 6.86. The van der Waals surface area contributed by atoms with Crippen LogP contribution in [0.3, 0.4) is 0 Å². The van der Waals surface area contributed by atoms with Gasteiger partial charge in [0.2, 0.25) is 0 Å². The summed E-state index contributed by atoms with van der Waals surface area (Å²) in [4.78, 5) is 14.3. The van der Waals surface area contributed by atoms with Crippen molar-refractivity contribution in [2.24, 2.45) is 0 Å². The Morgan fingerprint density at radius 1 is 1.17 bits per heavy atom. The number of hydrogen-bond donors (Lipinski definition) is 0. The van der Waals surface area contributed by atoms with Gasteiger partial charge in [-0.25, -0.2) is 0 Å². The summed E-state index contributed by atoms with van der Waals surface area (Å²) in [6.07, 6.45) is 3.04. The molecule has 1 aliphatic carbocycles. The molecule has 120 valence electrons. The maximum atomic E-state index is 12.4. The predicted molar refractivity (Wildman–Crippen MR) is 91.6 cm³/mol. The molecule has 0 heterocycles. The van der Waals surface area contributed by atoms with Crippen molar-refractivity contribution in [3.63, 3.8) is 0 Å². The van der Waals surface area contributed by atoms with Crippen LogP contribution in [0.15, 0.2) is 48.5 Å². The first-order valence-corrected chi connectivity index (χ1v) is 8.24. The van der Waals surface area contributed by atoms with Gasteiger partial charge < -0.3 is 9.64 Å². The lowest BCUT2D eigenvalue weighted by molar-refractivity contribution is -0.134. The van der Waals surface area contributed by atoms with Gasteiger partial charge in [-0.3, -0.25) is 4.79 Å². The number of amides is 1. The second-order valence-electron chi connectivity index (χ2n) is 6.04. The molecule has 1 atom stereocenters. The molecule has 2 aromatic rings. The fourth-order valence-electron chi connectivity index (χ4n) is 3.18. The Hall–Kier alpha value is -2.29. The smallest absolute Gasteiger partial charge is 0.260 e. The Kier molecular flexibility index (Phi) is 4.65. The first-order chi connectivity index (χ1) is 11.2. The van der Waals surface area contributed by atoms with Gasteiger partial charge in [-0.2, -0.15) is 0 Å². The molecule has 3 nitrogen and oxygen atoms in total. The summed E-state index contributed by atoms with van der Waals surface area (Å²) in [7, 11) is 1.87. The summed E-state index contributed by atoms with van der Waals surface area (Å²) in [5, 5.41) is 0. The fourth-order valence-corrected chi connectivity index (χ4v) is 3.18. The molecule has 0 aromatic heterocycles. The molecule has 23 heavy (non-hydrogen) atoms. The fraction of sp³-hybridized carbons (Fsp3) is 0.350. The molecule has 1 aliphatic rings. The molecule has 1 unspecified atom stereocenters. The largest absolute Gasteiger partial charge is 0.484 e. The number of rotatable bonds is 5.